The molecule has 0 radical (unpaired) electrons. The summed E-state index contributed by atoms with van der Waals surface area (Å²) in [5.74, 6) is -1.23. The third kappa shape index (κ3) is 3.15. The Morgan fingerprint density at radius 2 is 1.60 bits per heavy atom. The molecule has 0 spiro atoms. The number of hydrogen-bond acceptors (Lipinski definition) is 2. The van der Waals surface area contributed by atoms with Crippen LogP contribution in [0.25, 0.3) is 11.4 Å². The Kier molecular flexibility index (Phi) is 4.41. The van der Waals surface area contributed by atoms with E-state index >= 15 is 0 Å². The zero-order valence-corrected chi connectivity index (χ0v) is 12.9. The molecule has 0 aliphatic rings. The normalized spacial score (nSPS) is 11.8. The fourth-order valence-corrected chi connectivity index (χ4v) is 2.09. The van der Waals surface area contributed by atoms with Gasteiger partial charge in [-0.2, -0.15) is 13.2 Å². The molecular weight excluding hydrogens is 434 g/mol. The molecule has 0 aliphatic heterocycles. The second-order valence-electron chi connectivity index (χ2n) is 3.63. The smallest absolute Gasteiger partial charge is 0.215 e. The van der Waals surface area contributed by atoms with Crippen molar-refractivity contribution in [1.29, 1.82) is 0 Å². The van der Waals surface area contributed by atoms with Gasteiger partial charge in [0.25, 0.3) is 0 Å². The summed E-state index contributed by atoms with van der Waals surface area (Å²) in [4.78, 5) is 7.43. The number of alkyl halides is 3. The fraction of sp³-hybridized carbons (Fsp3) is 0.0909. The zero-order valence-electron chi connectivity index (χ0n) is 9.27. The van der Waals surface area contributed by atoms with Crippen molar-refractivity contribution in [2.75, 3.05) is 0 Å². The molecule has 20 heavy (non-hydrogen) atoms. The SMILES string of the molecule is Fc1ccc(C(F)(F)F)c(-c2nc(Cl)c(I)c(Cl)n2)c1. The third-order valence-corrected chi connectivity index (χ3v) is 4.50. The molecule has 9 heteroatoms. The zero-order chi connectivity index (χ0) is 15.1. The van der Waals surface area contributed by atoms with Crippen molar-refractivity contribution in [3.8, 4) is 11.4 Å². The Balaban J connectivity index is 2.72. The summed E-state index contributed by atoms with van der Waals surface area (Å²) in [6.45, 7) is 0. The van der Waals surface area contributed by atoms with E-state index in [-0.39, 0.29) is 16.1 Å². The average Bonchev–Trinajstić information content (AvgIpc) is 2.33. The second-order valence-corrected chi connectivity index (χ2v) is 5.43. The third-order valence-electron chi connectivity index (χ3n) is 2.30. The van der Waals surface area contributed by atoms with Gasteiger partial charge in [0.2, 0.25) is 0 Å². The van der Waals surface area contributed by atoms with Crippen LogP contribution in [0.3, 0.4) is 0 Å². The minimum absolute atomic E-state index is 0.0991. The predicted molar refractivity (Wildman–Crippen MR) is 75.2 cm³/mol. The van der Waals surface area contributed by atoms with Gasteiger partial charge in [0, 0.05) is 5.56 Å². The van der Waals surface area contributed by atoms with Crippen molar-refractivity contribution in [2.24, 2.45) is 0 Å². The van der Waals surface area contributed by atoms with Gasteiger partial charge in [-0.05, 0) is 40.8 Å². The van der Waals surface area contributed by atoms with Crippen LogP contribution in [0.4, 0.5) is 17.6 Å². The van der Waals surface area contributed by atoms with Crippen LogP contribution in [0.5, 0.6) is 0 Å². The van der Waals surface area contributed by atoms with E-state index in [1.807, 2.05) is 0 Å². The Hall–Kier alpha value is -0.670. The van der Waals surface area contributed by atoms with Crippen LogP contribution in [0.1, 0.15) is 5.56 Å². The first-order valence-electron chi connectivity index (χ1n) is 4.96. The summed E-state index contributed by atoms with van der Waals surface area (Å²) in [7, 11) is 0. The molecule has 1 heterocycles. The van der Waals surface area contributed by atoms with Gasteiger partial charge >= 0.3 is 6.18 Å². The van der Waals surface area contributed by atoms with E-state index in [2.05, 4.69) is 9.97 Å². The minimum Gasteiger partial charge on any atom is -0.215 e. The highest BCUT2D eigenvalue weighted by molar-refractivity contribution is 14.1. The molecule has 0 unspecified atom stereocenters. The van der Waals surface area contributed by atoms with Crippen LogP contribution in [0.15, 0.2) is 18.2 Å². The van der Waals surface area contributed by atoms with E-state index in [0.717, 1.165) is 0 Å². The van der Waals surface area contributed by atoms with E-state index < -0.39 is 23.1 Å². The summed E-state index contributed by atoms with van der Waals surface area (Å²) < 4.78 is 52.2. The minimum atomic E-state index is -4.67. The number of hydrogen-bond donors (Lipinski definition) is 0. The van der Waals surface area contributed by atoms with Gasteiger partial charge in [-0.1, -0.05) is 23.2 Å². The summed E-state index contributed by atoms with van der Waals surface area (Å²) in [5.41, 5.74) is -1.58. The van der Waals surface area contributed by atoms with Crippen molar-refractivity contribution in [3.63, 3.8) is 0 Å². The molecule has 2 rings (SSSR count). The van der Waals surface area contributed by atoms with Crippen LogP contribution < -0.4 is 0 Å². The molecule has 106 valence electrons. The molecule has 0 aliphatic carbocycles. The van der Waals surface area contributed by atoms with Gasteiger partial charge in [0.05, 0.1) is 9.13 Å². The molecule has 2 nitrogen and oxygen atoms in total. The van der Waals surface area contributed by atoms with Gasteiger partial charge in [-0.25, -0.2) is 14.4 Å². The topological polar surface area (TPSA) is 25.8 Å². The van der Waals surface area contributed by atoms with Crippen LogP contribution in [0.2, 0.25) is 10.3 Å². The second kappa shape index (κ2) is 5.61. The van der Waals surface area contributed by atoms with E-state index in [0.29, 0.717) is 21.8 Å². The predicted octanol–water partition coefficient (Wildman–Crippen LogP) is 5.21. The molecule has 0 saturated heterocycles. The number of aromatic nitrogens is 2. The first kappa shape index (κ1) is 15.7. The van der Waals surface area contributed by atoms with Crippen LogP contribution in [0, 0.1) is 9.39 Å². The molecule has 2 aromatic rings. The lowest BCUT2D eigenvalue weighted by molar-refractivity contribution is -0.137. The van der Waals surface area contributed by atoms with E-state index in [1.165, 1.54) is 0 Å². The Morgan fingerprint density at radius 1 is 1.05 bits per heavy atom. The molecule has 1 aromatic carbocycles. The van der Waals surface area contributed by atoms with Gasteiger partial charge in [0.1, 0.15) is 16.1 Å². The van der Waals surface area contributed by atoms with Crippen molar-refractivity contribution >= 4 is 45.8 Å². The molecule has 0 saturated carbocycles. The molecule has 0 fully saturated rings. The van der Waals surface area contributed by atoms with Gasteiger partial charge in [-0.3, -0.25) is 0 Å². The molecule has 0 atom stereocenters. The number of rotatable bonds is 1. The van der Waals surface area contributed by atoms with Gasteiger partial charge in [0.15, 0.2) is 5.82 Å². The Labute approximate surface area is 134 Å². The fourth-order valence-electron chi connectivity index (χ4n) is 1.46. The number of benzene rings is 1. The van der Waals surface area contributed by atoms with Crippen LogP contribution >= 0.6 is 45.8 Å². The van der Waals surface area contributed by atoms with Gasteiger partial charge in [-0.15, -0.1) is 0 Å². The Bertz CT molecular complexity index is 653. The maximum atomic E-state index is 13.2. The van der Waals surface area contributed by atoms with Crippen LogP contribution in [-0.2, 0) is 6.18 Å². The monoisotopic (exact) mass is 436 g/mol. The standard InChI is InChI=1S/C11H3Cl2F4IN2/c12-8-7(18)9(13)20-10(19-8)5-3-4(14)1-2-6(5)11(15,16)17/h1-3H. The molecule has 1 aromatic heterocycles. The maximum Gasteiger partial charge on any atom is 0.417 e. The lowest BCUT2D eigenvalue weighted by Crippen LogP contribution is -2.09. The molecule has 0 bridgehead atoms. The highest BCUT2D eigenvalue weighted by atomic mass is 127. The molecule has 0 N–H and O–H groups in total. The summed E-state index contributed by atoms with van der Waals surface area (Å²) in [6, 6.07) is 2.02. The summed E-state index contributed by atoms with van der Waals surface area (Å²) >= 11 is 13.3. The highest BCUT2D eigenvalue weighted by Crippen LogP contribution is 2.37. The molecular formula is C11H3Cl2F4IN2. The lowest BCUT2D eigenvalue weighted by Gasteiger charge is -2.12. The van der Waals surface area contributed by atoms with E-state index in [1.54, 1.807) is 22.6 Å². The number of halogens is 7. The van der Waals surface area contributed by atoms with Crippen molar-refractivity contribution in [1.82, 2.24) is 9.97 Å². The van der Waals surface area contributed by atoms with E-state index in [9.17, 15) is 17.6 Å². The van der Waals surface area contributed by atoms with Crippen molar-refractivity contribution in [3.05, 3.63) is 43.5 Å². The maximum absolute atomic E-state index is 13.2. The van der Waals surface area contributed by atoms with Crippen molar-refractivity contribution < 1.29 is 17.6 Å². The highest BCUT2D eigenvalue weighted by Gasteiger charge is 2.34. The first-order valence-corrected chi connectivity index (χ1v) is 6.79. The van der Waals surface area contributed by atoms with E-state index in [4.69, 9.17) is 23.2 Å². The van der Waals surface area contributed by atoms with Gasteiger partial charge < -0.3 is 0 Å². The lowest BCUT2D eigenvalue weighted by atomic mass is 10.1. The summed E-state index contributed by atoms with van der Waals surface area (Å²) in [5, 5.41) is -0.198. The van der Waals surface area contributed by atoms with Crippen molar-refractivity contribution in [2.45, 2.75) is 6.18 Å². The first-order chi connectivity index (χ1) is 9.20. The van der Waals surface area contributed by atoms with Crippen LogP contribution in [-0.4, -0.2) is 9.97 Å². The summed E-state index contributed by atoms with van der Waals surface area (Å²) in [6.07, 6.45) is -4.67. The largest absolute Gasteiger partial charge is 0.417 e. The number of nitrogens with zero attached hydrogens (tertiary/aromatic N) is 2. The average molecular weight is 437 g/mol. The molecule has 0 amide bonds. The Morgan fingerprint density at radius 3 is 2.10 bits per heavy atom. The quantitative estimate of drug-likeness (QED) is 0.348.